The predicted octanol–water partition coefficient (Wildman–Crippen LogP) is 3.78. The van der Waals surface area contributed by atoms with Gasteiger partial charge in [0.25, 0.3) is 0 Å². The van der Waals surface area contributed by atoms with Crippen molar-refractivity contribution < 1.29 is 22.6 Å². The van der Waals surface area contributed by atoms with Crippen LogP contribution in [0.25, 0.3) is 0 Å². The first-order valence-corrected chi connectivity index (χ1v) is 5.30. The molecule has 1 aromatic carbocycles. The van der Waals surface area contributed by atoms with Gasteiger partial charge in [-0.05, 0) is 18.6 Å². The quantitative estimate of drug-likeness (QED) is 0.738. The van der Waals surface area contributed by atoms with Crippen LogP contribution in [0.4, 0.5) is 13.2 Å². The number of hydrogen-bond donors (Lipinski definition) is 0. The van der Waals surface area contributed by atoms with Crippen LogP contribution in [0.1, 0.15) is 30.8 Å². The molecule has 1 aromatic rings. The van der Waals surface area contributed by atoms with E-state index in [2.05, 4.69) is 0 Å². The number of ether oxygens (including phenoxy) is 2. The van der Waals surface area contributed by atoms with Crippen LogP contribution in [0.5, 0.6) is 0 Å². The predicted molar refractivity (Wildman–Crippen MR) is 57.4 cm³/mol. The minimum atomic E-state index is -4.31. The van der Waals surface area contributed by atoms with Crippen LogP contribution in [0.3, 0.4) is 0 Å². The second-order valence-corrected chi connectivity index (χ2v) is 3.56. The van der Waals surface area contributed by atoms with Crippen molar-refractivity contribution in [3.05, 3.63) is 35.4 Å². The van der Waals surface area contributed by atoms with E-state index >= 15 is 0 Å². The van der Waals surface area contributed by atoms with E-state index in [1.54, 1.807) is 0 Å². The van der Waals surface area contributed by atoms with E-state index in [-0.39, 0.29) is 0 Å². The molecule has 0 bridgehead atoms. The molecule has 0 aliphatic heterocycles. The van der Waals surface area contributed by atoms with E-state index in [9.17, 15) is 13.2 Å². The van der Waals surface area contributed by atoms with Gasteiger partial charge < -0.3 is 9.47 Å². The van der Waals surface area contributed by atoms with E-state index in [0.29, 0.717) is 12.2 Å². The Bertz CT molecular complexity index is 333. The molecular weight excluding hydrogens is 233 g/mol. The summed E-state index contributed by atoms with van der Waals surface area (Å²) in [5.41, 5.74) is -0.0967. The zero-order chi connectivity index (χ0) is 12.9. The molecule has 0 aliphatic carbocycles. The number of methoxy groups -OCH3 is 1. The van der Waals surface area contributed by atoms with Gasteiger partial charge in [0, 0.05) is 19.3 Å². The van der Waals surface area contributed by atoms with E-state index in [1.807, 2.05) is 6.92 Å². The zero-order valence-electron chi connectivity index (χ0n) is 9.75. The van der Waals surface area contributed by atoms with Crippen LogP contribution in [-0.2, 0) is 15.7 Å². The maximum atomic E-state index is 12.3. The third-order valence-corrected chi connectivity index (χ3v) is 2.20. The first kappa shape index (κ1) is 14.0. The summed E-state index contributed by atoms with van der Waals surface area (Å²) in [6.07, 6.45) is -4.11. The maximum absolute atomic E-state index is 12.3. The third-order valence-electron chi connectivity index (χ3n) is 2.20. The molecule has 0 N–H and O–H groups in total. The van der Waals surface area contributed by atoms with Gasteiger partial charge >= 0.3 is 6.18 Å². The maximum Gasteiger partial charge on any atom is 0.416 e. The van der Waals surface area contributed by atoms with E-state index in [1.165, 1.54) is 19.2 Å². The molecular formula is C12H15F3O2. The number of hydrogen-bond acceptors (Lipinski definition) is 2. The molecule has 0 saturated heterocycles. The van der Waals surface area contributed by atoms with Crippen molar-refractivity contribution in [1.29, 1.82) is 0 Å². The smallest absolute Gasteiger partial charge is 0.352 e. The van der Waals surface area contributed by atoms with Gasteiger partial charge in [0.15, 0.2) is 6.29 Å². The summed E-state index contributed by atoms with van der Waals surface area (Å²) in [7, 11) is 1.46. The molecule has 5 heteroatoms. The molecule has 1 unspecified atom stereocenters. The molecule has 0 saturated carbocycles. The minimum absolute atomic E-state index is 0.500. The lowest BCUT2D eigenvalue weighted by Gasteiger charge is -2.16. The summed E-state index contributed by atoms with van der Waals surface area (Å²) in [6.45, 7) is 2.44. The second kappa shape index (κ2) is 6.02. The highest BCUT2D eigenvalue weighted by atomic mass is 19.4. The minimum Gasteiger partial charge on any atom is -0.352 e. The first-order valence-electron chi connectivity index (χ1n) is 5.30. The lowest BCUT2D eigenvalue weighted by Crippen LogP contribution is -2.09. The molecule has 0 aromatic heterocycles. The molecule has 2 nitrogen and oxygen atoms in total. The standard InChI is InChI=1S/C12H15F3O2/c1-3-8-17-11(16-2)9-4-6-10(7-5-9)12(13,14)15/h4-7,11H,3,8H2,1-2H3. The SMILES string of the molecule is CCCOC(OC)c1ccc(C(F)(F)F)cc1. The summed E-state index contributed by atoms with van der Waals surface area (Å²) in [5, 5.41) is 0. The van der Waals surface area contributed by atoms with Crippen molar-refractivity contribution in [2.75, 3.05) is 13.7 Å². The fourth-order valence-electron chi connectivity index (χ4n) is 1.35. The summed E-state index contributed by atoms with van der Waals surface area (Å²) in [6, 6.07) is 4.78. The van der Waals surface area contributed by atoms with Gasteiger partial charge in [-0.3, -0.25) is 0 Å². The lowest BCUT2D eigenvalue weighted by molar-refractivity contribution is -0.138. The summed E-state index contributed by atoms with van der Waals surface area (Å²) >= 11 is 0. The van der Waals surface area contributed by atoms with Gasteiger partial charge in [-0.25, -0.2) is 0 Å². The normalized spacial score (nSPS) is 13.7. The van der Waals surface area contributed by atoms with Crippen LogP contribution < -0.4 is 0 Å². The third kappa shape index (κ3) is 4.02. The Morgan fingerprint density at radius 2 is 1.76 bits per heavy atom. The van der Waals surface area contributed by atoms with Gasteiger partial charge in [0.2, 0.25) is 0 Å². The highest BCUT2D eigenvalue weighted by Gasteiger charge is 2.30. The Morgan fingerprint density at radius 1 is 1.18 bits per heavy atom. The Balaban J connectivity index is 2.78. The van der Waals surface area contributed by atoms with Gasteiger partial charge in [0.05, 0.1) is 5.56 Å². The average Bonchev–Trinajstić information content (AvgIpc) is 2.29. The van der Waals surface area contributed by atoms with Crippen molar-refractivity contribution in [1.82, 2.24) is 0 Å². The summed E-state index contributed by atoms with van der Waals surface area (Å²) in [4.78, 5) is 0. The van der Waals surface area contributed by atoms with Crippen LogP contribution in [-0.4, -0.2) is 13.7 Å². The monoisotopic (exact) mass is 248 g/mol. The van der Waals surface area contributed by atoms with E-state index < -0.39 is 18.0 Å². The molecule has 0 spiro atoms. The molecule has 0 fully saturated rings. The second-order valence-electron chi connectivity index (χ2n) is 3.56. The highest BCUT2D eigenvalue weighted by Crippen LogP contribution is 2.30. The Hall–Kier alpha value is -1.07. The molecule has 0 aliphatic rings. The Kier molecular flexibility index (Phi) is 4.96. The van der Waals surface area contributed by atoms with Gasteiger partial charge in [-0.1, -0.05) is 19.1 Å². The molecule has 0 heterocycles. The average molecular weight is 248 g/mol. The van der Waals surface area contributed by atoms with Crippen LogP contribution >= 0.6 is 0 Å². The van der Waals surface area contributed by atoms with Gasteiger partial charge in [0.1, 0.15) is 0 Å². The molecule has 96 valence electrons. The van der Waals surface area contributed by atoms with E-state index in [0.717, 1.165) is 18.6 Å². The number of halogens is 3. The molecule has 0 radical (unpaired) electrons. The summed E-state index contributed by atoms with van der Waals surface area (Å²) < 4.78 is 47.4. The first-order chi connectivity index (χ1) is 7.99. The highest BCUT2D eigenvalue weighted by molar-refractivity contribution is 5.25. The molecule has 1 atom stereocenters. The fraction of sp³-hybridized carbons (Fsp3) is 0.500. The van der Waals surface area contributed by atoms with Crippen LogP contribution in [0.2, 0.25) is 0 Å². The number of benzene rings is 1. The topological polar surface area (TPSA) is 18.5 Å². The van der Waals surface area contributed by atoms with Crippen LogP contribution in [0.15, 0.2) is 24.3 Å². The lowest BCUT2D eigenvalue weighted by atomic mass is 10.1. The van der Waals surface area contributed by atoms with Crippen molar-refractivity contribution in [2.45, 2.75) is 25.8 Å². The van der Waals surface area contributed by atoms with Crippen molar-refractivity contribution in [3.8, 4) is 0 Å². The summed E-state index contributed by atoms with van der Waals surface area (Å²) in [5.74, 6) is 0. The zero-order valence-corrected chi connectivity index (χ0v) is 9.75. The van der Waals surface area contributed by atoms with E-state index in [4.69, 9.17) is 9.47 Å². The largest absolute Gasteiger partial charge is 0.416 e. The van der Waals surface area contributed by atoms with Crippen molar-refractivity contribution in [3.63, 3.8) is 0 Å². The molecule has 0 amide bonds. The Morgan fingerprint density at radius 3 is 2.18 bits per heavy atom. The Labute approximate surface area is 98.3 Å². The fourth-order valence-corrected chi connectivity index (χ4v) is 1.35. The molecule has 1 rings (SSSR count). The van der Waals surface area contributed by atoms with Crippen molar-refractivity contribution >= 4 is 0 Å². The number of rotatable bonds is 5. The van der Waals surface area contributed by atoms with Crippen LogP contribution in [0, 0.1) is 0 Å². The van der Waals surface area contributed by atoms with Crippen molar-refractivity contribution in [2.24, 2.45) is 0 Å². The number of alkyl halides is 3. The van der Waals surface area contributed by atoms with Gasteiger partial charge in [-0.15, -0.1) is 0 Å². The van der Waals surface area contributed by atoms with Gasteiger partial charge in [-0.2, -0.15) is 13.2 Å². The molecule has 17 heavy (non-hydrogen) atoms.